The molecule has 1 unspecified atom stereocenters. The number of rotatable bonds is 4. The molecule has 0 bridgehead atoms. The van der Waals surface area contributed by atoms with E-state index >= 15 is 0 Å². The van der Waals surface area contributed by atoms with Crippen LogP contribution in [0.4, 0.5) is 13.2 Å². The number of likely N-dealkylation sites (tertiary alicyclic amines) is 1. The average Bonchev–Trinajstić information content (AvgIpc) is 3.05. The highest BCUT2D eigenvalue weighted by Crippen LogP contribution is 2.31. The van der Waals surface area contributed by atoms with Gasteiger partial charge in [-0.1, -0.05) is 29.8 Å². The van der Waals surface area contributed by atoms with Crippen LogP contribution < -0.4 is 4.74 Å². The Morgan fingerprint density at radius 1 is 1.31 bits per heavy atom. The van der Waals surface area contributed by atoms with Crippen LogP contribution in [0, 0.1) is 0 Å². The number of carbonyl (C=O) groups is 1. The number of amides is 1. The Balaban J connectivity index is 1.59. The van der Waals surface area contributed by atoms with Crippen LogP contribution >= 0.6 is 11.6 Å². The number of carbonyl (C=O) groups excluding carboxylic acids is 1. The number of halogens is 4. The Morgan fingerprint density at radius 3 is 2.81 bits per heavy atom. The summed E-state index contributed by atoms with van der Waals surface area (Å²) in [4.78, 5) is 17.8. The largest absolute Gasteiger partial charge is 0.472 e. The fraction of sp³-hybridized carbons (Fsp3) is 0.333. The van der Waals surface area contributed by atoms with Crippen LogP contribution in [0.25, 0.3) is 0 Å². The SMILES string of the molecule is O=C(Cc1ccccc1Cl)N1CCC(Oc2cc(C(F)(F)F)ccn2)C1. The summed E-state index contributed by atoms with van der Waals surface area (Å²) in [6.07, 6.45) is -3.07. The van der Waals surface area contributed by atoms with E-state index in [-0.39, 0.29) is 24.3 Å². The van der Waals surface area contributed by atoms with Crippen molar-refractivity contribution < 1.29 is 22.7 Å². The van der Waals surface area contributed by atoms with Gasteiger partial charge in [-0.25, -0.2) is 4.98 Å². The summed E-state index contributed by atoms with van der Waals surface area (Å²) in [7, 11) is 0. The van der Waals surface area contributed by atoms with Crippen molar-refractivity contribution in [3.05, 3.63) is 58.7 Å². The maximum absolute atomic E-state index is 12.7. The van der Waals surface area contributed by atoms with Gasteiger partial charge in [-0.2, -0.15) is 13.2 Å². The van der Waals surface area contributed by atoms with E-state index in [1.54, 1.807) is 23.1 Å². The van der Waals surface area contributed by atoms with Gasteiger partial charge in [0.2, 0.25) is 11.8 Å². The van der Waals surface area contributed by atoms with Gasteiger partial charge in [-0.05, 0) is 17.7 Å². The predicted molar refractivity (Wildman–Crippen MR) is 90.0 cm³/mol. The number of hydrogen-bond acceptors (Lipinski definition) is 3. The second-order valence-corrected chi connectivity index (χ2v) is 6.42. The number of hydrogen-bond donors (Lipinski definition) is 0. The third kappa shape index (κ3) is 4.46. The second kappa shape index (κ2) is 7.53. The van der Waals surface area contributed by atoms with Crippen molar-refractivity contribution in [2.24, 2.45) is 0 Å². The Labute approximate surface area is 153 Å². The molecule has 0 aliphatic carbocycles. The van der Waals surface area contributed by atoms with Crippen LogP contribution in [0.1, 0.15) is 17.5 Å². The summed E-state index contributed by atoms with van der Waals surface area (Å²) in [6, 6.07) is 8.87. The summed E-state index contributed by atoms with van der Waals surface area (Å²) in [6.45, 7) is 0.786. The van der Waals surface area contributed by atoms with Crippen molar-refractivity contribution >= 4 is 17.5 Å². The van der Waals surface area contributed by atoms with Crippen molar-refractivity contribution in [2.45, 2.75) is 25.1 Å². The highest BCUT2D eigenvalue weighted by atomic mass is 35.5. The molecular formula is C18H16ClF3N2O2. The van der Waals surface area contributed by atoms with Gasteiger partial charge >= 0.3 is 6.18 Å². The van der Waals surface area contributed by atoms with Gasteiger partial charge in [0, 0.05) is 30.3 Å². The molecule has 1 amide bonds. The lowest BCUT2D eigenvalue weighted by Gasteiger charge is -2.17. The molecule has 0 spiro atoms. The van der Waals surface area contributed by atoms with Gasteiger partial charge in [0.25, 0.3) is 0 Å². The molecule has 1 saturated heterocycles. The molecule has 1 aliphatic heterocycles. The Morgan fingerprint density at radius 2 is 2.08 bits per heavy atom. The smallest absolute Gasteiger partial charge is 0.416 e. The molecule has 1 atom stereocenters. The third-order valence-electron chi connectivity index (χ3n) is 4.15. The maximum atomic E-state index is 12.7. The maximum Gasteiger partial charge on any atom is 0.416 e. The number of alkyl halides is 3. The first-order chi connectivity index (χ1) is 12.3. The average molecular weight is 385 g/mol. The molecule has 26 heavy (non-hydrogen) atoms. The highest BCUT2D eigenvalue weighted by Gasteiger charge is 2.32. The summed E-state index contributed by atoms with van der Waals surface area (Å²) in [5.41, 5.74) is -0.0739. The van der Waals surface area contributed by atoms with E-state index in [1.165, 1.54) is 0 Å². The zero-order valence-corrected chi connectivity index (χ0v) is 14.4. The van der Waals surface area contributed by atoms with Crippen LogP contribution in [0.15, 0.2) is 42.6 Å². The Kier molecular flexibility index (Phi) is 5.36. The molecule has 1 aromatic heterocycles. The van der Waals surface area contributed by atoms with Gasteiger partial charge in [-0.3, -0.25) is 4.79 Å². The first-order valence-electron chi connectivity index (χ1n) is 8.04. The van der Waals surface area contributed by atoms with E-state index in [1.807, 2.05) is 6.07 Å². The lowest BCUT2D eigenvalue weighted by Crippen LogP contribution is -2.32. The highest BCUT2D eigenvalue weighted by molar-refractivity contribution is 6.31. The predicted octanol–water partition coefficient (Wildman–Crippen LogP) is 3.98. The van der Waals surface area contributed by atoms with Gasteiger partial charge < -0.3 is 9.64 Å². The number of aromatic nitrogens is 1. The van der Waals surface area contributed by atoms with Crippen LogP contribution in [-0.4, -0.2) is 35.0 Å². The molecule has 0 saturated carbocycles. The molecule has 4 nitrogen and oxygen atoms in total. The molecule has 0 radical (unpaired) electrons. The Bertz CT molecular complexity index is 798. The molecule has 0 N–H and O–H groups in total. The molecule has 138 valence electrons. The molecule has 2 heterocycles. The first-order valence-corrected chi connectivity index (χ1v) is 8.42. The van der Waals surface area contributed by atoms with Gasteiger partial charge in [0.15, 0.2) is 0 Å². The molecule has 1 aliphatic rings. The van der Waals surface area contributed by atoms with E-state index in [0.29, 0.717) is 24.5 Å². The number of pyridine rings is 1. The van der Waals surface area contributed by atoms with Crippen molar-refractivity contribution in [1.29, 1.82) is 0 Å². The van der Waals surface area contributed by atoms with Crippen LogP contribution in [-0.2, 0) is 17.4 Å². The molecule has 3 rings (SSSR count). The standard InChI is InChI=1S/C18H16ClF3N2O2/c19-15-4-2-1-3-12(15)9-17(25)24-8-6-14(11-24)26-16-10-13(5-7-23-16)18(20,21)22/h1-5,7,10,14H,6,8-9,11H2. The third-order valence-corrected chi connectivity index (χ3v) is 4.52. The number of benzene rings is 1. The van der Waals surface area contributed by atoms with Crippen LogP contribution in [0.2, 0.25) is 5.02 Å². The first kappa shape index (κ1) is 18.5. The number of nitrogens with zero attached hydrogens (tertiary/aromatic N) is 2. The molecule has 1 aromatic carbocycles. The van der Waals surface area contributed by atoms with E-state index < -0.39 is 11.7 Å². The summed E-state index contributed by atoms with van der Waals surface area (Å²) in [5.74, 6) is -0.188. The minimum absolute atomic E-state index is 0.0924. The Hall–Kier alpha value is -2.28. The van der Waals surface area contributed by atoms with E-state index in [2.05, 4.69) is 4.98 Å². The van der Waals surface area contributed by atoms with Crippen LogP contribution in [0.5, 0.6) is 5.88 Å². The van der Waals surface area contributed by atoms with E-state index in [4.69, 9.17) is 16.3 Å². The van der Waals surface area contributed by atoms with Crippen molar-refractivity contribution in [2.75, 3.05) is 13.1 Å². The summed E-state index contributed by atoms with van der Waals surface area (Å²) >= 11 is 6.07. The minimum atomic E-state index is -4.45. The molecular weight excluding hydrogens is 369 g/mol. The van der Waals surface area contributed by atoms with Gasteiger partial charge in [-0.15, -0.1) is 0 Å². The lowest BCUT2D eigenvalue weighted by molar-refractivity contribution is -0.137. The van der Waals surface area contributed by atoms with E-state index in [9.17, 15) is 18.0 Å². The van der Waals surface area contributed by atoms with Crippen molar-refractivity contribution in [3.63, 3.8) is 0 Å². The van der Waals surface area contributed by atoms with Gasteiger partial charge in [0.1, 0.15) is 6.10 Å². The van der Waals surface area contributed by atoms with E-state index in [0.717, 1.165) is 23.9 Å². The molecule has 2 aromatic rings. The van der Waals surface area contributed by atoms with Gasteiger partial charge in [0.05, 0.1) is 18.5 Å². The van der Waals surface area contributed by atoms with Crippen molar-refractivity contribution in [3.8, 4) is 5.88 Å². The topological polar surface area (TPSA) is 42.4 Å². The minimum Gasteiger partial charge on any atom is -0.472 e. The lowest BCUT2D eigenvalue weighted by atomic mass is 10.1. The fourth-order valence-corrected chi connectivity index (χ4v) is 2.99. The monoisotopic (exact) mass is 384 g/mol. The quantitative estimate of drug-likeness (QED) is 0.801. The summed E-state index contributed by atoms with van der Waals surface area (Å²) < 4.78 is 43.8. The zero-order chi connectivity index (χ0) is 18.7. The normalized spacial score (nSPS) is 17.4. The number of ether oxygens (including phenoxy) is 1. The second-order valence-electron chi connectivity index (χ2n) is 6.02. The molecule has 8 heteroatoms. The van der Waals surface area contributed by atoms with Crippen molar-refractivity contribution in [1.82, 2.24) is 9.88 Å². The molecule has 1 fully saturated rings. The fourth-order valence-electron chi connectivity index (χ4n) is 2.79. The summed E-state index contributed by atoms with van der Waals surface area (Å²) in [5, 5.41) is 0.529. The van der Waals surface area contributed by atoms with Crippen LogP contribution in [0.3, 0.4) is 0 Å². The zero-order valence-electron chi connectivity index (χ0n) is 13.7.